The number of halogens is 1. The Morgan fingerprint density at radius 1 is 1.40 bits per heavy atom. The molecule has 1 heterocycles. The lowest BCUT2D eigenvalue weighted by molar-refractivity contribution is 0.398. The van der Waals surface area contributed by atoms with Gasteiger partial charge in [-0.3, -0.25) is 0 Å². The van der Waals surface area contributed by atoms with Gasteiger partial charge in [0.25, 0.3) is 0 Å². The van der Waals surface area contributed by atoms with E-state index in [1.54, 1.807) is 7.11 Å². The third-order valence-corrected chi connectivity index (χ3v) is 2.94. The molecule has 0 spiro atoms. The van der Waals surface area contributed by atoms with Crippen molar-refractivity contribution < 1.29 is 9.13 Å². The maximum atomic E-state index is 13.0. The standard InChI is InChI=1S/C12H16FNO/c1-8-3-6-11(14-8)10-5-4-9(13)7-12(10)15-2/h4-5,7-8,11,14H,3,6H2,1-2H3. The molecule has 1 saturated heterocycles. The number of hydrogen-bond acceptors (Lipinski definition) is 2. The minimum absolute atomic E-state index is 0.248. The van der Waals surface area contributed by atoms with Crippen LogP contribution >= 0.6 is 0 Å². The van der Waals surface area contributed by atoms with Crippen molar-refractivity contribution in [3.63, 3.8) is 0 Å². The Bertz CT molecular complexity index is 353. The molecule has 0 amide bonds. The molecule has 2 unspecified atom stereocenters. The van der Waals surface area contributed by atoms with E-state index in [-0.39, 0.29) is 5.82 Å². The third-order valence-electron chi connectivity index (χ3n) is 2.94. The largest absolute Gasteiger partial charge is 0.496 e. The van der Waals surface area contributed by atoms with Crippen LogP contribution in [0.3, 0.4) is 0 Å². The minimum Gasteiger partial charge on any atom is -0.496 e. The number of methoxy groups -OCH3 is 1. The highest BCUT2D eigenvalue weighted by atomic mass is 19.1. The zero-order valence-corrected chi connectivity index (χ0v) is 9.09. The molecule has 0 aliphatic carbocycles. The molecule has 1 fully saturated rings. The van der Waals surface area contributed by atoms with Crippen LogP contribution in [0.25, 0.3) is 0 Å². The number of hydrogen-bond donors (Lipinski definition) is 1. The lowest BCUT2D eigenvalue weighted by Gasteiger charge is -2.15. The van der Waals surface area contributed by atoms with Crippen LogP contribution in [0.2, 0.25) is 0 Å². The van der Waals surface area contributed by atoms with Crippen molar-refractivity contribution in [3.05, 3.63) is 29.6 Å². The van der Waals surface area contributed by atoms with Crippen molar-refractivity contribution in [3.8, 4) is 5.75 Å². The van der Waals surface area contributed by atoms with Gasteiger partial charge in [0, 0.05) is 23.7 Å². The second-order valence-electron chi connectivity index (χ2n) is 4.08. The van der Waals surface area contributed by atoms with E-state index < -0.39 is 0 Å². The van der Waals surface area contributed by atoms with Crippen molar-refractivity contribution >= 4 is 0 Å². The molecule has 15 heavy (non-hydrogen) atoms. The summed E-state index contributed by atoms with van der Waals surface area (Å²) in [6.07, 6.45) is 2.24. The van der Waals surface area contributed by atoms with Gasteiger partial charge in [0.15, 0.2) is 0 Å². The summed E-state index contributed by atoms with van der Waals surface area (Å²) in [4.78, 5) is 0. The average Bonchev–Trinajstić information content (AvgIpc) is 2.64. The Hall–Kier alpha value is -1.09. The zero-order chi connectivity index (χ0) is 10.8. The van der Waals surface area contributed by atoms with Crippen molar-refractivity contribution in [2.75, 3.05) is 7.11 Å². The molecular formula is C12H16FNO. The van der Waals surface area contributed by atoms with E-state index in [1.165, 1.54) is 12.1 Å². The van der Waals surface area contributed by atoms with E-state index in [9.17, 15) is 4.39 Å². The topological polar surface area (TPSA) is 21.3 Å². The van der Waals surface area contributed by atoms with Gasteiger partial charge in [-0.2, -0.15) is 0 Å². The quantitative estimate of drug-likeness (QED) is 0.808. The predicted molar refractivity (Wildman–Crippen MR) is 57.5 cm³/mol. The van der Waals surface area contributed by atoms with Crippen LogP contribution in [-0.2, 0) is 0 Å². The second-order valence-corrected chi connectivity index (χ2v) is 4.08. The van der Waals surface area contributed by atoms with Gasteiger partial charge in [-0.15, -0.1) is 0 Å². The van der Waals surface area contributed by atoms with Gasteiger partial charge >= 0.3 is 0 Å². The monoisotopic (exact) mass is 209 g/mol. The van der Waals surface area contributed by atoms with Crippen LogP contribution in [0.15, 0.2) is 18.2 Å². The smallest absolute Gasteiger partial charge is 0.126 e. The molecular weight excluding hydrogens is 193 g/mol. The summed E-state index contributed by atoms with van der Waals surface area (Å²) in [6.45, 7) is 2.16. The SMILES string of the molecule is COc1cc(F)ccc1C1CCC(C)N1. The van der Waals surface area contributed by atoms with Gasteiger partial charge in [0.1, 0.15) is 11.6 Å². The number of nitrogens with one attached hydrogen (secondary N) is 1. The molecule has 2 rings (SSSR count). The Morgan fingerprint density at radius 3 is 2.80 bits per heavy atom. The van der Waals surface area contributed by atoms with Crippen LogP contribution in [0.4, 0.5) is 4.39 Å². The second kappa shape index (κ2) is 4.19. The highest BCUT2D eigenvalue weighted by Gasteiger charge is 2.24. The summed E-state index contributed by atoms with van der Waals surface area (Å²) in [5.41, 5.74) is 1.06. The average molecular weight is 209 g/mol. The Morgan fingerprint density at radius 2 is 2.20 bits per heavy atom. The molecule has 1 aliphatic rings. The van der Waals surface area contributed by atoms with Gasteiger partial charge in [0.05, 0.1) is 7.11 Å². The van der Waals surface area contributed by atoms with Crippen molar-refractivity contribution in [1.82, 2.24) is 5.32 Å². The first kappa shape index (κ1) is 10.4. The molecule has 1 aliphatic heterocycles. The number of rotatable bonds is 2. The zero-order valence-electron chi connectivity index (χ0n) is 9.09. The summed E-state index contributed by atoms with van der Waals surface area (Å²) in [5, 5.41) is 3.46. The Balaban J connectivity index is 2.27. The molecule has 2 nitrogen and oxygen atoms in total. The van der Waals surface area contributed by atoms with E-state index in [4.69, 9.17) is 4.74 Å². The lowest BCUT2D eigenvalue weighted by atomic mass is 10.0. The molecule has 1 aromatic carbocycles. The fourth-order valence-electron chi connectivity index (χ4n) is 2.14. The van der Waals surface area contributed by atoms with E-state index in [1.807, 2.05) is 6.07 Å². The fourth-order valence-corrected chi connectivity index (χ4v) is 2.14. The molecule has 0 aromatic heterocycles. The first-order valence-electron chi connectivity index (χ1n) is 5.30. The van der Waals surface area contributed by atoms with Gasteiger partial charge in [-0.25, -0.2) is 4.39 Å². The van der Waals surface area contributed by atoms with Crippen LogP contribution in [0.1, 0.15) is 31.4 Å². The van der Waals surface area contributed by atoms with Crippen LogP contribution < -0.4 is 10.1 Å². The van der Waals surface area contributed by atoms with Gasteiger partial charge in [0.2, 0.25) is 0 Å². The molecule has 1 aromatic rings. The van der Waals surface area contributed by atoms with Crippen molar-refractivity contribution in [2.24, 2.45) is 0 Å². The number of ether oxygens (including phenoxy) is 1. The molecule has 0 saturated carbocycles. The van der Waals surface area contributed by atoms with Crippen LogP contribution in [-0.4, -0.2) is 13.2 Å². The summed E-state index contributed by atoms with van der Waals surface area (Å²) in [7, 11) is 1.58. The fraction of sp³-hybridized carbons (Fsp3) is 0.500. The normalized spacial score (nSPS) is 25.5. The van der Waals surface area contributed by atoms with E-state index in [0.29, 0.717) is 17.8 Å². The summed E-state index contributed by atoms with van der Waals surface area (Å²) in [5.74, 6) is 0.392. The molecule has 0 bridgehead atoms. The molecule has 2 atom stereocenters. The molecule has 0 radical (unpaired) electrons. The summed E-state index contributed by atoms with van der Waals surface area (Å²) < 4.78 is 18.2. The number of benzene rings is 1. The summed E-state index contributed by atoms with van der Waals surface area (Å²) in [6, 6.07) is 5.58. The van der Waals surface area contributed by atoms with Crippen LogP contribution in [0.5, 0.6) is 5.75 Å². The maximum absolute atomic E-state index is 13.0. The van der Waals surface area contributed by atoms with Gasteiger partial charge in [-0.1, -0.05) is 6.07 Å². The molecule has 1 N–H and O–H groups in total. The van der Waals surface area contributed by atoms with Gasteiger partial charge in [-0.05, 0) is 25.8 Å². The van der Waals surface area contributed by atoms with Crippen molar-refractivity contribution in [1.29, 1.82) is 0 Å². The lowest BCUT2D eigenvalue weighted by Crippen LogP contribution is -2.21. The van der Waals surface area contributed by atoms with E-state index >= 15 is 0 Å². The highest BCUT2D eigenvalue weighted by molar-refractivity contribution is 5.37. The first-order valence-corrected chi connectivity index (χ1v) is 5.30. The predicted octanol–water partition coefficient (Wildman–Crippen LogP) is 2.65. The molecule has 3 heteroatoms. The molecule has 82 valence electrons. The summed E-state index contributed by atoms with van der Waals surface area (Å²) >= 11 is 0. The third kappa shape index (κ3) is 2.12. The van der Waals surface area contributed by atoms with E-state index in [2.05, 4.69) is 12.2 Å². The Kier molecular flexibility index (Phi) is 2.91. The van der Waals surface area contributed by atoms with Crippen molar-refractivity contribution in [2.45, 2.75) is 31.8 Å². The van der Waals surface area contributed by atoms with Crippen LogP contribution in [0, 0.1) is 5.82 Å². The highest BCUT2D eigenvalue weighted by Crippen LogP contribution is 2.32. The van der Waals surface area contributed by atoms with E-state index in [0.717, 1.165) is 18.4 Å². The minimum atomic E-state index is -0.248. The maximum Gasteiger partial charge on any atom is 0.126 e. The Labute approximate surface area is 89.4 Å². The van der Waals surface area contributed by atoms with Gasteiger partial charge < -0.3 is 10.1 Å². The first-order chi connectivity index (χ1) is 7.20.